The van der Waals surface area contributed by atoms with E-state index in [2.05, 4.69) is 10.6 Å². The molecule has 0 atom stereocenters. The topological polar surface area (TPSA) is 116 Å². The van der Waals surface area contributed by atoms with E-state index in [1.165, 1.54) is 18.2 Å². The van der Waals surface area contributed by atoms with Crippen molar-refractivity contribution in [1.29, 1.82) is 0 Å². The standard InChI is InChI=1S/C22H18N2O5/c1-13-4-2-5-14(10-13)20(26)23-16-7-3-6-15(11-16)21(27)24-19-9-8-17(25)12-18(19)22(28)29/h2-12,25H,1H3,(H,23,26)(H,24,27)(H,28,29). The van der Waals surface area contributed by atoms with Crippen molar-refractivity contribution < 1.29 is 24.6 Å². The number of carbonyl (C=O) groups excluding carboxylic acids is 2. The van der Waals surface area contributed by atoms with Crippen molar-refractivity contribution in [3.05, 3.63) is 89.0 Å². The van der Waals surface area contributed by atoms with E-state index in [4.69, 9.17) is 0 Å². The SMILES string of the molecule is Cc1cccc(C(=O)Nc2cccc(C(=O)Nc3ccc(O)cc3C(=O)O)c2)c1. The third-order valence-corrected chi connectivity index (χ3v) is 4.14. The number of aryl methyl sites for hydroxylation is 1. The summed E-state index contributed by atoms with van der Waals surface area (Å²) in [7, 11) is 0. The van der Waals surface area contributed by atoms with E-state index in [-0.39, 0.29) is 28.5 Å². The molecule has 7 nitrogen and oxygen atoms in total. The fourth-order valence-electron chi connectivity index (χ4n) is 2.74. The number of anilines is 2. The first-order chi connectivity index (χ1) is 13.8. The maximum atomic E-state index is 12.5. The smallest absolute Gasteiger partial charge is 0.337 e. The van der Waals surface area contributed by atoms with Gasteiger partial charge < -0.3 is 20.8 Å². The molecule has 0 heterocycles. The Hall–Kier alpha value is -4.13. The Labute approximate surface area is 166 Å². The van der Waals surface area contributed by atoms with E-state index in [1.807, 2.05) is 13.0 Å². The molecule has 0 saturated heterocycles. The summed E-state index contributed by atoms with van der Waals surface area (Å²) in [5.41, 5.74) is 1.92. The Kier molecular flexibility index (Phi) is 5.59. The van der Waals surface area contributed by atoms with Crippen LogP contribution in [0.2, 0.25) is 0 Å². The summed E-state index contributed by atoms with van der Waals surface area (Å²) in [6.45, 7) is 1.89. The van der Waals surface area contributed by atoms with E-state index in [0.29, 0.717) is 11.3 Å². The van der Waals surface area contributed by atoms with Gasteiger partial charge in [-0.2, -0.15) is 0 Å². The molecule has 0 spiro atoms. The van der Waals surface area contributed by atoms with Crippen molar-refractivity contribution in [2.75, 3.05) is 10.6 Å². The Balaban J connectivity index is 1.78. The number of carbonyl (C=O) groups is 3. The number of nitrogens with one attached hydrogen (secondary N) is 2. The number of benzene rings is 3. The molecule has 4 N–H and O–H groups in total. The molecule has 0 aliphatic heterocycles. The Morgan fingerprint density at radius 2 is 1.45 bits per heavy atom. The third kappa shape index (κ3) is 4.78. The van der Waals surface area contributed by atoms with Crippen LogP contribution >= 0.6 is 0 Å². The van der Waals surface area contributed by atoms with Crippen molar-refractivity contribution in [3.63, 3.8) is 0 Å². The molecule has 0 radical (unpaired) electrons. The van der Waals surface area contributed by atoms with Gasteiger partial charge in [0.1, 0.15) is 5.75 Å². The molecule has 29 heavy (non-hydrogen) atoms. The zero-order valence-corrected chi connectivity index (χ0v) is 15.5. The number of hydrogen-bond acceptors (Lipinski definition) is 4. The Morgan fingerprint density at radius 3 is 2.14 bits per heavy atom. The van der Waals surface area contributed by atoms with Gasteiger partial charge in [-0.3, -0.25) is 9.59 Å². The monoisotopic (exact) mass is 390 g/mol. The van der Waals surface area contributed by atoms with Gasteiger partial charge in [0.2, 0.25) is 0 Å². The number of hydrogen-bond donors (Lipinski definition) is 4. The lowest BCUT2D eigenvalue weighted by atomic mass is 10.1. The fourth-order valence-corrected chi connectivity index (χ4v) is 2.74. The number of phenolic OH excluding ortho intramolecular Hbond substituents is 1. The van der Waals surface area contributed by atoms with Crippen LogP contribution in [-0.4, -0.2) is 28.0 Å². The third-order valence-electron chi connectivity index (χ3n) is 4.14. The highest BCUT2D eigenvalue weighted by molar-refractivity contribution is 6.09. The maximum Gasteiger partial charge on any atom is 0.337 e. The summed E-state index contributed by atoms with van der Waals surface area (Å²) in [5, 5.41) is 23.9. The molecular formula is C22H18N2O5. The van der Waals surface area contributed by atoms with Crippen LogP contribution in [0.3, 0.4) is 0 Å². The van der Waals surface area contributed by atoms with Gasteiger partial charge in [-0.25, -0.2) is 4.79 Å². The van der Waals surface area contributed by atoms with Crippen LogP contribution in [0.4, 0.5) is 11.4 Å². The molecule has 3 aromatic carbocycles. The fraction of sp³-hybridized carbons (Fsp3) is 0.0455. The summed E-state index contributed by atoms with van der Waals surface area (Å²) in [6.07, 6.45) is 0. The van der Waals surface area contributed by atoms with Gasteiger partial charge in [0.25, 0.3) is 11.8 Å². The first-order valence-corrected chi connectivity index (χ1v) is 8.69. The molecule has 3 aromatic rings. The van der Waals surface area contributed by atoms with Gasteiger partial charge in [0, 0.05) is 16.8 Å². The van der Waals surface area contributed by atoms with Gasteiger partial charge in [-0.1, -0.05) is 23.8 Å². The van der Waals surface area contributed by atoms with Gasteiger partial charge >= 0.3 is 5.97 Å². The van der Waals surface area contributed by atoms with Crippen LogP contribution in [0.25, 0.3) is 0 Å². The molecule has 0 saturated carbocycles. The molecule has 0 fully saturated rings. The molecule has 3 rings (SSSR count). The Bertz CT molecular complexity index is 1110. The molecule has 0 unspecified atom stereocenters. The average molecular weight is 390 g/mol. The normalized spacial score (nSPS) is 10.2. The summed E-state index contributed by atoms with van der Waals surface area (Å²) < 4.78 is 0. The molecule has 0 aromatic heterocycles. The number of carboxylic acids is 1. The second-order valence-electron chi connectivity index (χ2n) is 6.39. The van der Waals surface area contributed by atoms with E-state index in [0.717, 1.165) is 11.6 Å². The molecule has 0 bridgehead atoms. The van der Waals surface area contributed by atoms with Gasteiger partial charge in [-0.15, -0.1) is 0 Å². The molecule has 2 amide bonds. The first kappa shape index (κ1) is 19.6. The lowest BCUT2D eigenvalue weighted by Gasteiger charge is -2.11. The number of carboxylic acid groups (broad SMARTS) is 1. The molecule has 0 aliphatic rings. The Morgan fingerprint density at radius 1 is 0.793 bits per heavy atom. The lowest BCUT2D eigenvalue weighted by molar-refractivity contribution is 0.0697. The van der Waals surface area contributed by atoms with Crippen LogP contribution in [0.15, 0.2) is 66.7 Å². The highest BCUT2D eigenvalue weighted by atomic mass is 16.4. The van der Waals surface area contributed by atoms with E-state index in [1.54, 1.807) is 36.4 Å². The average Bonchev–Trinajstić information content (AvgIpc) is 2.69. The summed E-state index contributed by atoms with van der Waals surface area (Å²) >= 11 is 0. The van der Waals surface area contributed by atoms with Crippen molar-refractivity contribution in [2.24, 2.45) is 0 Å². The lowest BCUT2D eigenvalue weighted by Crippen LogP contribution is -2.16. The van der Waals surface area contributed by atoms with Crippen molar-refractivity contribution in [3.8, 4) is 5.75 Å². The second-order valence-corrected chi connectivity index (χ2v) is 6.39. The number of aromatic carboxylic acids is 1. The van der Waals surface area contributed by atoms with E-state index < -0.39 is 11.9 Å². The number of phenols is 1. The molecule has 146 valence electrons. The van der Waals surface area contributed by atoms with Crippen molar-refractivity contribution in [2.45, 2.75) is 6.92 Å². The van der Waals surface area contributed by atoms with Gasteiger partial charge in [0.15, 0.2) is 0 Å². The maximum absolute atomic E-state index is 12.5. The van der Waals surface area contributed by atoms with E-state index in [9.17, 15) is 24.6 Å². The van der Waals surface area contributed by atoms with Crippen LogP contribution in [0.1, 0.15) is 36.6 Å². The molecule has 7 heteroatoms. The van der Waals surface area contributed by atoms with E-state index >= 15 is 0 Å². The largest absolute Gasteiger partial charge is 0.508 e. The van der Waals surface area contributed by atoms with Crippen molar-refractivity contribution >= 4 is 29.2 Å². The first-order valence-electron chi connectivity index (χ1n) is 8.69. The van der Waals surface area contributed by atoms with Crippen LogP contribution < -0.4 is 10.6 Å². The molecule has 0 aliphatic carbocycles. The summed E-state index contributed by atoms with van der Waals surface area (Å²) in [5.74, 6) is -2.36. The van der Waals surface area contributed by atoms with Crippen LogP contribution in [0.5, 0.6) is 5.75 Å². The quantitative estimate of drug-likeness (QED) is 0.493. The van der Waals surface area contributed by atoms with Gasteiger partial charge in [-0.05, 0) is 55.5 Å². The zero-order chi connectivity index (χ0) is 21.0. The number of aromatic hydroxyl groups is 1. The minimum absolute atomic E-state index is 0.0505. The van der Waals surface area contributed by atoms with Crippen molar-refractivity contribution in [1.82, 2.24) is 0 Å². The zero-order valence-electron chi connectivity index (χ0n) is 15.5. The molecular weight excluding hydrogens is 372 g/mol. The van der Waals surface area contributed by atoms with Crippen LogP contribution in [0, 0.1) is 6.92 Å². The second kappa shape index (κ2) is 8.26. The summed E-state index contributed by atoms with van der Waals surface area (Å²) in [6, 6.07) is 17.0. The van der Waals surface area contributed by atoms with Gasteiger partial charge in [0.05, 0.1) is 11.3 Å². The van der Waals surface area contributed by atoms with Crippen LogP contribution in [-0.2, 0) is 0 Å². The number of amides is 2. The highest BCUT2D eigenvalue weighted by Crippen LogP contribution is 2.22. The highest BCUT2D eigenvalue weighted by Gasteiger charge is 2.15. The predicted molar refractivity (Wildman–Crippen MR) is 109 cm³/mol. The minimum atomic E-state index is -1.28. The predicted octanol–water partition coefficient (Wildman–Crippen LogP) is 3.90. The minimum Gasteiger partial charge on any atom is -0.508 e. The number of rotatable bonds is 5. The summed E-state index contributed by atoms with van der Waals surface area (Å²) in [4.78, 5) is 36.3.